The second kappa shape index (κ2) is 8.76. The predicted octanol–water partition coefficient (Wildman–Crippen LogP) is 3.77. The van der Waals surface area contributed by atoms with Crippen molar-refractivity contribution in [2.45, 2.75) is 44.0 Å². The van der Waals surface area contributed by atoms with Crippen LogP contribution in [0.1, 0.15) is 47.7 Å². The van der Waals surface area contributed by atoms with E-state index < -0.39 is 0 Å². The number of benzene rings is 1. The van der Waals surface area contributed by atoms with Gasteiger partial charge in [0.2, 0.25) is 0 Å². The third-order valence-corrected chi connectivity index (χ3v) is 4.84. The van der Waals surface area contributed by atoms with Crippen LogP contribution < -0.4 is 5.32 Å². The third kappa shape index (κ3) is 4.61. The van der Waals surface area contributed by atoms with E-state index in [-0.39, 0.29) is 11.9 Å². The molecule has 0 spiro atoms. The lowest BCUT2D eigenvalue weighted by Gasteiger charge is -2.23. The number of alkyl halides is 2. The van der Waals surface area contributed by atoms with Crippen molar-refractivity contribution in [2.24, 2.45) is 0 Å². The summed E-state index contributed by atoms with van der Waals surface area (Å²) >= 11 is 11.8. The van der Waals surface area contributed by atoms with Gasteiger partial charge in [-0.1, -0.05) is 13.0 Å². The van der Waals surface area contributed by atoms with Gasteiger partial charge in [-0.25, -0.2) is 0 Å². The largest absolute Gasteiger partial charge is 0.348 e. The molecule has 1 amide bonds. The van der Waals surface area contributed by atoms with E-state index >= 15 is 0 Å². The lowest BCUT2D eigenvalue weighted by Crippen LogP contribution is -2.42. The van der Waals surface area contributed by atoms with Crippen molar-refractivity contribution >= 4 is 29.1 Å². The van der Waals surface area contributed by atoms with Crippen molar-refractivity contribution < 1.29 is 4.79 Å². The van der Waals surface area contributed by atoms with Crippen LogP contribution in [-0.4, -0.2) is 36.5 Å². The van der Waals surface area contributed by atoms with Crippen molar-refractivity contribution in [1.29, 1.82) is 0 Å². The van der Waals surface area contributed by atoms with E-state index in [4.69, 9.17) is 23.2 Å². The predicted molar refractivity (Wildman–Crippen MR) is 92.8 cm³/mol. The fraction of sp³-hybridized carbons (Fsp3) is 0.588. The van der Waals surface area contributed by atoms with Gasteiger partial charge >= 0.3 is 0 Å². The normalized spacial score (nSPS) is 16.7. The molecule has 22 heavy (non-hydrogen) atoms. The minimum atomic E-state index is -0.0291. The fourth-order valence-corrected chi connectivity index (χ4v) is 3.35. The highest BCUT2D eigenvalue weighted by Crippen LogP contribution is 2.17. The van der Waals surface area contributed by atoms with Gasteiger partial charge in [0.1, 0.15) is 0 Å². The van der Waals surface area contributed by atoms with Crippen molar-refractivity contribution in [3.05, 3.63) is 34.9 Å². The average Bonchev–Trinajstić information content (AvgIpc) is 3.06. The number of carbonyl (C=O) groups is 1. The Hall–Kier alpha value is -0.770. The first-order valence-electron chi connectivity index (χ1n) is 7.94. The zero-order valence-corrected chi connectivity index (χ0v) is 14.6. The number of amides is 1. The number of nitrogens with one attached hydrogen (secondary N) is 1. The summed E-state index contributed by atoms with van der Waals surface area (Å²) in [5, 5.41) is 3.14. The standard InChI is InChI=1S/C17H24Cl2N2O/c1-2-16(12-21-7-3-4-8-21)20-17(22)13-5-6-14(10-18)15(9-13)11-19/h5-6,9,16H,2-4,7-8,10-12H2,1H3,(H,20,22). The smallest absolute Gasteiger partial charge is 0.251 e. The Labute approximate surface area is 143 Å². The minimum absolute atomic E-state index is 0.0291. The van der Waals surface area contributed by atoms with Gasteiger partial charge in [-0.2, -0.15) is 0 Å². The zero-order chi connectivity index (χ0) is 15.9. The number of hydrogen-bond donors (Lipinski definition) is 1. The highest BCUT2D eigenvalue weighted by Gasteiger charge is 2.19. The quantitative estimate of drug-likeness (QED) is 0.765. The molecule has 0 saturated carbocycles. The molecule has 0 aromatic heterocycles. The van der Waals surface area contributed by atoms with Gasteiger partial charge in [-0.05, 0) is 55.6 Å². The molecular weight excluding hydrogens is 319 g/mol. The lowest BCUT2D eigenvalue weighted by molar-refractivity contribution is 0.0926. The molecule has 2 rings (SSSR count). The summed E-state index contributed by atoms with van der Waals surface area (Å²) in [7, 11) is 0. The minimum Gasteiger partial charge on any atom is -0.348 e. The van der Waals surface area contributed by atoms with E-state index in [1.807, 2.05) is 18.2 Å². The highest BCUT2D eigenvalue weighted by atomic mass is 35.5. The summed E-state index contributed by atoms with van der Waals surface area (Å²) in [6.45, 7) is 5.34. The van der Waals surface area contributed by atoms with Gasteiger partial charge in [-0.3, -0.25) is 4.79 Å². The molecule has 0 bridgehead atoms. The zero-order valence-electron chi connectivity index (χ0n) is 13.1. The molecule has 1 atom stereocenters. The summed E-state index contributed by atoms with van der Waals surface area (Å²) in [6.07, 6.45) is 3.47. The third-order valence-electron chi connectivity index (χ3n) is 4.26. The molecule has 1 aliphatic rings. The first-order valence-corrected chi connectivity index (χ1v) is 9.01. The van der Waals surface area contributed by atoms with Crippen molar-refractivity contribution in [1.82, 2.24) is 10.2 Å². The SMILES string of the molecule is CCC(CN1CCCC1)NC(=O)c1ccc(CCl)c(CCl)c1. The molecule has 1 aliphatic heterocycles. The number of nitrogens with zero attached hydrogens (tertiary/aromatic N) is 1. The van der Waals surface area contributed by atoms with E-state index in [9.17, 15) is 4.79 Å². The molecule has 3 nitrogen and oxygen atoms in total. The number of hydrogen-bond acceptors (Lipinski definition) is 2. The van der Waals surface area contributed by atoms with Crippen LogP contribution in [0.2, 0.25) is 0 Å². The second-order valence-corrected chi connectivity index (χ2v) is 6.37. The van der Waals surface area contributed by atoms with E-state index in [0.717, 1.165) is 37.2 Å². The van der Waals surface area contributed by atoms with Crippen LogP contribution in [0.15, 0.2) is 18.2 Å². The fourth-order valence-electron chi connectivity index (χ4n) is 2.84. The molecule has 1 aromatic carbocycles. The first kappa shape index (κ1) is 17.6. The Morgan fingerprint density at radius 2 is 1.91 bits per heavy atom. The van der Waals surface area contributed by atoms with E-state index in [1.165, 1.54) is 12.8 Å². The summed E-state index contributed by atoms with van der Waals surface area (Å²) < 4.78 is 0. The maximum absolute atomic E-state index is 12.4. The van der Waals surface area contributed by atoms with Gasteiger partial charge in [0.15, 0.2) is 0 Å². The molecule has 0 radical (unpaired) electrons. The van der Waals surface area contributed by atoms with Gasteiger partial charge in [0, 0.05) is 29.9 Å². The number of rotatable bonds is 7. The molecule has 1 heterocycles. The molecule has 0 aliphatic carbocycles. The molecule has 1 aromatic rings. The second-order valence-electron chi connectivity index (χ2n) is 5.84. The van der Waals surface area contributed by atoms with Crippen molar-refractivity contribution in [3.63, 3.8) is 0 Å². The maximum atomic E-state index is 12.4. The van der Waals surface area contributed by atoms with Gasteiger partial charge in [0.05, 0.1) is 0 Å². The lowest BCUT2D eigenvalue weighted by atomic mass is 10.1. The summed E-state index contributed by atoms with van der Waals surface area (Å²) in [5.41, 5.74) is 2.57. The highest BCUT2D eigenvalue weighted by molar-refractivity contribution is 6.18. The van der Waals surface area contributed by atoms with Crippen LogP contribution in [0, 0.1) is 0 Å². The molecule has 1 fully saturated rings. The van der Waals surface area contributed by atoms with E-state index in [2.05, 4.69) is 17.1 Å². The van der Waals surface area contributed by atoms with Crippen molar-refractivity contribution in [2.75, 3.05) is 19.6 Å². The topological polar surface area (TPSA) is 32.3 Å². The monoisotopic (exact) mass is 342 g/mol. The molecular formula is C17H24Cl2N2O. The van der Waals surface area contributed by atoms with Gasteiger partial charge in [-0.15, -0.1) is 23.2 Å². The van der Waals surface area contributed by atoms with Gasteiger partial charge < -0.3 is 10.2 Å². The van der Waals surface area contributed by atoms with E-state index in [1.54, 1.807) is 0 Å². The Balaban J connectivity index is 2.00. The maximum Gasteiger partial charge on any atom is 0.251 e. The van der Waals surface area contributed by atoms with E-state index in [0.29, 0.717) is 17.3 Å². The summed E-state index contributed by atoms with van der Waals surface area (Å²) in [6, 6.07) is 5.76. The van der Waals surface area contributed by atoms with Crippen LogP contribution >= 0.6 is 23.2 Å². The van der Waals surface area contributed by atoms with Gasteiger partial charge in [0.25, 0.3) is 5.91 Å². The summed E-state index contributed by atoms with van der Waals surface area (Å²) in [4.78, 5) is 14.9. The Morgan fingerprint density at radius 3 is 2.50 bits per heavy atom. The van der Waals surface area contributed by atoms with Crippen molar-refractivity contribution in [3.8, 4) is 0 Å². The molecule has 122 valence electrons. The van der Waals surface area contributed by atoms with Crippen LogP contribution in [0.5, 0.6) is 0 Å². The van der Waals surface area contributed by atoms with Crippen LogP contribution in [0.3, 0.4) is 0 Å². The number of likely N-dealkylation sites (tertiary alicyclic amines) is 1. The molecule has 1 N–H and O–H groups in total. The number of carbonyl (C=O) groups excluding carboxylic acids is 1. The Kier molecular flexibility index (Phi) is 7.00. The molecule has 5 heteroatoms. The Bertz CT molecular complexity index is 501. The number of halogens is 2. The average molecular weight is 343 g/mol. The first-order chi connectivity index (χ1) is 10.7. The Morgan fingerprint density at radius 1 is 1.23 bits per heavy atom. The summed E-state index contributed by atoms with van der Waals surface area (Å²) in [5.74, 6) is 0.753. The molecule has 1 saturated heterocycles. The van der Waals surface area contributed by atoms with Crippen LogP contribution in [-0.2, 0) is 11.8 Å². The van der Waals surface area contributed by atoms with Crippen LogP contribution in [0.25, 0.3) is 0 Å². The van der Waals surface area contributed by atoms with Crippen LogP contribution in [0.4, 0.5) is 0 Å². The molecule has 1 unspecified atom stereocenters.